The lowest BCUT2D eigenvalue weighted by atomic mass is 10.1. The number of hydrogen-bond donors (Lipinski definition) is 2. The number of aromatic nitrogens is 2. The maximum atomic E-state index is 12.1. The number of benzene rings is 1. The summed E-state index contributed by atoms with van der Waals surface area (Å²) in [6.45, 7) is 2.78. The molecule has 0 aliphatic carbocycles. The Balaban J connectivity index is 1.44. The van der Waals surface area contributed by atoms with Crippen LogP contribution in [0.25, 0.3) is 0 Å². The molecule has 0 spiro atoms. The monoisotopic (exact) mass is 370 g/mol. The largest absolute Gasteiger partial charge is 0.338 e. The van der Waals surface area contributed by atoms with E-state index in [0.29, 0.717) is 32.7 Å². The standard InChI is InChI=1S/C19H26N6O2/c1-23(2)19(27)24-10-11-25-17(14-24)12-16(22-25)13-21-18(26)20-9-8-15-6-4-3-5-7-15/h3-7,12H,8-11,13-14H2,1-2H3,(H2,20,21,26). The Kier molecular flexibility index (Phi) is 5.95. The Morgan fingerprint density at radius 3 is 2.67 bits per heavy atom. The van der Waals surface area contributed by atoms with Gasteiger partial charge in [0.15, 0.2) is 0 Å². The number of fused-ring (bicyclic) bond motifs is 1. The number of carbonyl (C=O) groups is 2. The number of nitrogens with zero attached hydrogens (tertiary/aromatic N) is 4. The van der Waals surface area contributed by atoms with Gasteiger partial charge in [-0.05, 0) is 18.1 Å². The minimum absolute atomic E-state index is 0.0000751. The van der Waals surface area contributed by atoms with Gasteiger partial charge in [0.1, 0.15) is 0 Å². The quantitative estimate of drug-likeness (QED) is 0.835. The Morgan fingerprint density at radius 2 is 1.93 bits per heavy atom. The van der Waals surface area contributed by atoms with E-state index < -0.39 is 0 Å². The molecule has 144 valence electrons. The van der Waals surface area contributed by atoms with E-state index in [2.05, 4.69) is 15.7 Å². The highest BCUT2D eigenvalue weighted by Gasteiger charge is 2.23. The lowest BCUT2D eigenvalue weighted by Crippen LogP contribution is -2.43. The van der Waals surface area contributed by atoms with E-state index in [4.69, 9.17) is 0 Å². The van der Waals surface area contributed by atoms with Gasteiger partial charge in [0.2, 0.25) is 0 Å². The van der Waals surface area contributed by atoms with Crippen molar-refractivity contribution in [3.8, 4) is 0 Å². The molecule has 8 nitrogen and oxygen atoms in total. The molecule has 2 N–H and O–H groups in total. The first-order chi connectivity index (χ1) is 13.0. The van der Waals surface area contributed by atoms with Crippen LogP contribution >= 0.6 is 0 Å². The van der Waals surface area contributed by atoms with Crippen LogP contribution in [0.2, 0.25) is 0 Å². The van der Waals surface area contributed by atoms with Gasteiger partial charge in [-0.2, -0.15) is 5.10 Å². The van der Waals surface area contributed by atoms with E-state index in [-0.39, 0.29) is 12.1 Å². The third kappa shape index (κ3) is 4.99. The molecule has 1 aliphatic heterocycles. The van der Waals surface area contributed by atoms with Gasteiger partial charge >= 0.3 is 12.1 Å². The topological polar surface area (TPSA) is 82.5 Å². The summed E-state index contributed by atoms with van der Waals surface area (Å²) in [4.78, 5) is 27.4. The van der Waals surface area contributed by atoms with Crippen molar-refractivity contribution in [2.24, 2.45) is 0 Å². The van der Waals surface area contributed by atoms with E-state index in [9.17, 15) is 9.59 Å². The van der Waals surface area contributed by atoms with Crippen LogP contribution < -0.4 is 10.6 Å². The lowest BCUT2D eigenvalue weighted by molar-refractivity contribution is 0.155. The van der Waals surface area contributed by atoms with E-state index in [1.807, 2.05) is 41.1 Å². The molecule has 0 saturated carbocycles. The fourth-order valence-corrected chi connectivity index (χ4v) is 3.06. The van der Waals surface area contributed by atoms with Gasteiger partial charge in [-0.25, -0.2) is 9.59 Å². The van der Waals surface area contributed by atoms with Crippen LogP contribution in [-0.2, 0) is 26.1 Å². The van der Waals surface area contributed by atoms with Gasteiger partial charge in [0.25, 0.3) is 0 Å². The third-order valence-electron chi connectivity index (χ3n) is 4.47. The summed E-state index contributed by atoms with van der Waals surface area (Å²) >= 11 is 0. The summed E-state index contributed by atoms with van der Waals surface area (Å²) in [6, 6.07) is 11.8. The van der Waals surface area contributed by atoms with Crippen molar-refractivity contribution >= 4 is 12.1 Å². The Hall–Kier alpha value is -3.03. The molecule has 0 atom stereocenters. The highest BCUT2D eigenvalue weighted by molar-refractivity contribution is 5.74. The van der Waals surface area contributed by atoms with Crippen LogP contribution in [0.4, 0.5) is 9.59 Å². The van der Waals surface area contributed by atoms with Crippen molar-refractivity contribution in [1.29, 1.82) is 0 Å². The van der Waals surface area contributed by atoms with Crippen LogP contribution in [0.5, 0.6) is 0 Å². The zero-order chi connectivity index (χ0) is 19.2. The summed E-state index contributed by atoms with van der Waals surface area (Å²) in [5.41, 5.74) is 2.97. The predicted octanol–water partition coefficient (Wildman–Crippen LogP) is 1.42. The molecule has 1 aliphatic rings. The van der Waals surface area contributed by atoms with Crippen molar-refractivity contribution in [1.82, 2.24) is 30.2 Å². The third-order valence-corrected chi connectivity index (χ3v) is 4.47. The van der Waals surface area contributed by atoms with Crippen LogP contribution in [0.15, 0.2) is 36.4 Å². The molecule has 0 bridgehead atoms. The molecule has 2 heterocycles. The molecular formula is C19H26N6O2. The molecule has 27 heavy (non-hydrogen) atoms. The molecule has 0 fully saturated rings. The van der Waals surface area contributed by atoms with Gasteiger partial charge in [-0.1, -0.05) is 30.3 Å². The summed E-state index contributed by atoms with van der Waals surface area (Å²) in [5.74, 6) is 0. The van der Waals surface area contributed by atoms with Crippen LogP contribution in [-0.4, -0.2) is 58.8 Å². The van der Waals surface area contributed by atoms with Crippen molar-refractivity contribution in [2.75, 3.05) is 27.2 Å². The number of nitrogens with one attached hydrogen (secondary N) is 2. The van der Waals surface area contributed by atoms with Gasteiger partial charge in [-0.15, -0.1) is 0 Å². The molecular weight excluding hydrogens is 344 g/mol. The van der Waals surface area contributed by atoms with E-state index in [1.165, 1.54) is 5.56 Å². The highest BCUT2D eigenvalue weighted by atomic mass is 16.2. The predicted molar refractivity (Wildman–Crippen MR) is 102 cm³/mol. The van der Waals surface area contributed by atoms with Gasteiger partial charge in [-0.3, -0.25) is 4.68 Å². The van der Waals surface area contributed by atoms with Crippen molar-refractivity contribution < 1.29 is 9.59 Å². The molecule has 0 unspecified atom stereocenters. The lowest BCUT2D eigenvalue weighted by Gasteiger charge is -2.29. The zero-order valence-corrected chi connectivity index (χ0v) is 15.8. The summed E-state index contributed by atoms with van der Waals surface area (Å²) in [6.07, 6.45) is 0.794. The number of amides is 4. The smallest absolute Gasteiger partial charge is 0.319 e. The molecule has 0 radical (unpaired) electrons. The maximum Gasteiger partial charge on any atom is 0.319 e. The van der Waals surface area contributed by atoms with Crippen molar-refractivity contribution in [3.63, 3.8) is 0 Å². The summed E-state index contributed by atoms with van der Waals surface area (Å²) in [5, 5.41) is 10.2. The van der Waals surface area contributed by atoms with E-state index >= 15 is 0 Å². The first kappa shape index (κ1) is 18.8. The van der Waals surface area contributed by atoms with Crippen LogP contribution in [0.1, 0.15) is 17.0 Å². The van der Waals surface area contributed by atoms with Gasteiger partial charge in [0, 0.05) is 27.2 Å². The van der Waals surface area contributed by atoms with Gasteiger partial charge < -0.3 is 20.4 Å². The molecule has 0 saturated heterocycles. The molecule has 8 heteroatoms. The Bertz CT molecular complexity index is 787. The second-order valence-corrected chi connectivity index (χ2v) is 6.79. The minimum Gasteiger partial charge on any atom is -0.338 e. The fraction of sp³-hybridized carbons (Fsp3) is 0.421. The number of urea groups is 2. The average Bonchev–Trinajstić information content (AvgIpc) is 3.08. The van der Waals surface area contributed by atoms with E-state index in [0.717, 1.165) is 17.8 Å². The molecule has 1 aromatic heterocycles. The summed E-state index contributed by atoms with van der Waals surface area (Å²) in [7, 11) is 3.50. The van der Waals surface area contributed by atoms with Crippen LogP contribution in [0.3, 0.4) is 0 Å². The zero-order valence-electron chi connectivity index (χ0n) is 15.8. The van der Waals surface area contributed by atoms with E-state index in [1.54, 1.807) is 23.9 Å². The van der Waals surface area contributed by atoms with Crippen molar-refractivity contribution in [2.45, 2.75) is 26.1 Å². The SMILES string of the molecule is CN(C)C(=O)N1CCn2nc(CNC(=O)NCCc3ccccc3)cc2C1. The second-order valence-electron chi connectivity index (χ2n) is 6.79. The number of rotatable bonds is 5. The number of carbonyl (C=O) groups excluding carboxylic acids is 2. The molecule has 1 aromatic carbocycles. The fourth-order valence-electron chi connectivity index (χ4n) is 3.06. The first-order valence-electron chi connectivity index (χ1n) is 9.10. The molecule has 3 rings (SSSR count). The number of hydrogen-bond acceptors (Lipinski definition) is 3. The Morgan fingerprint density at radius 1 is 1.15 bits per heavy atom. The highest BCUT2D eigenvalue weighted by Crippen LogP contribution is 2.14. The second kappa shape index (κ2) is 8.57. The average molecular weight is 370 g/mol. The Labute approximate surface area is 159 Å². The maximum absolute atomic E-state index is 12.1. The summed E-state index contributed by atoms with van der Waals surface area (Å²) < 4.78 is 1.91. The minimum atomic E-state index is -0.207. The van der Waals surface area contributed by atoms with Crippen molar-refractivity contribution in [3.05, 3.63) is 53.3 Å². The molecule has 2 aromatic rings. The first-order valence-corrected chi connectivity index (χ1v) is 9.10. The van der Waals surface area contributed by atoms with Crippen LogP contribution in [0, 0.1) is 0 Å². The molecule has 4 amide bonds. The normalized spacial score (nSPS) is 13.0. The van der Waals surface area contributed by atoms with Gasteiger partial charge in [0.05, 0.1) is 31.0 Å².